The molecule has 2 aromatic carbocycles. The van der Waals surface area contributed by atoms with Crippen LogP contribution in [0.1, 0.15) is 0 Å². The number of halogens is 8. The minimum Gasteiger partial charge on any atom is -0.406 e. The highest BCUT2D eigenvalue weighted by Gasteiger charge is 2.32. The Balaban J connectivity index is 0.000000300. The molecule has 0 aliphatic heterocycles. The van der Waals surface area contributed by atoms with Gasteiger partial charge in [-0.25, -0.2) is 16.8 Å². The van der Waals surface area contributed by atoms with Gasteiger partial charge in [0.05, 0.1) is 9.79 Å². The van der Waals surface area contributed by atoms with Crippen molar-refractivity contribution >= 4 is 39.5 Å². The summed E-state index contributed by atoms with van der Waals surface area (Å²) in [6, 6.07) is 7.38. The molecule has 0 spiro atoms. The van der Waals surface area contributed by atoms with Crippen molar-refractivity contribution in [3.63, 3.8) is 0 Å². The standard InChI is InChI=1S/2C7H4ClF3O3S/c8-15(12,13)6-3-1-5(2-4-6)14-7(9,10)11;8-15(12,13)6-3-1-2-5(4-6)14-7(9,10)11/h2*1-4H. The zero-order valence-corrected chi connectivity index (χ0v) is 17.1. The third-order valence-electron chi connectivity index (χ3n) is 2.66. The lowest BCUT2D eigenvalue weighted by Crippen LogP contribution is -2.17. The van der Waals surface area contributed by atoms with Gasteiger partial charge in [0.2, 0.25) is 0 Å². The first-order valence-corrected chi connectivity index (χ1v) is 11.6. The van der Waals surface area contributed by atoms with E-state index in [9.17, 15) is 43.2 Å². The van der Waals surface area contributed by atoms with E-state index < -0.39 is 47.2 Å². The quantitative estimate of drug-likeness (QED) is 0.415. The molecule has 30 heavy (non-hydrogen) atoms. The van der Waals surface area contributed by atoms with Gasteiger partial charge in [-0.2, -0.15) is 0 Å². The second kappa shape index (κ2) is 9.49. The molecule has 0 unspecified atom stereocenters. The summed E-state index contributed by atoms with van der Waals surface area (Å²) >= 11 is 0. The van der Waals surface area contributed by atoms with E-state index in [0.717, 1.165) is 42.5 Å². The average molecular weight is 521 g/mol. The largest absolute Gasteiger partial charge is 0.573 e. The average Bonchev–Trinajstić information content (AvgIpc) is 2.51. The highest BCUT2D eigenvalue weighted by atomic mass is 35.7. The molecule has 0 radical (unpaired) electrons. The SMILES string of the molecule is O=S(=O)(Cl)c1ccc(OC(F)(F)F)cc1.O=S(=O)(Cl)c1cccc(OC(F)(F)F)c1. The van der Waals surface area contributed by atoms with Gasteiger partial charge in [-0.05, 0) is 36.4 Å². The smallest absolute Gasteiger partial charge is 0.406 e. The molecule has 6 nitrogen and oxygen atoms in total. The molecule has 0 fully saturated rings. The van der Waals surface area contributed by atoms with Crippen LogP contribution in [0.25, 0.3) is 0 Å². The van der Waals surface area contributed by atoms with Crippen LogP contribution in [0, 0.1) is 0 Å². The van der Waals surface area contributed by atoms with Crippen molar-refractivity contribution < 1.29 is 52.7 Å². The van der Waals surface area contributed by atoms with Gasteiger partial charge in [-0.15, -0.1) is 26.3 Å². The number of ether oxygens (including phenoxy) is 2. The van der Waals surface area contributed by atoms with E-state index in [0.29, 0.717) is 6.07 Å². The first kappa shape index (κ1) is 26.1. The topological polar surface area (TPSA) is 86.7 Å². The van der Waals surface area contributed by atoms with Crippen LogP contribution >= 0.6 is 21.4 Å². The molecule has 0 heterocycles. The summed E-state index contributed by atoms with van der Waals surface area (Å²) < 4.78 is 120. The van der Waals surface area contributed by atoms with Gasteiger partial charge in [0, 0.05) is 27.4 Å². The first-order valence-electron chi connectivity index (χ1n) is 6.98. The van der Waals surface area contributed by atoms with Crippen LogP contribution in [0.2, 0.25) is 0 Å². The van der Waals surface area contributed by atoms with Crippen molar-refractivity contribution in [2.24, 2.45) is 0 Å². The Kier molecular flexibility index (Phi) is 8.27. The van der Waals surface area contributed by atoms with Crippen LogP contribution in [0.5, 0.6) is 11.5 Å². The molecule has 16 heteroatoms. The highest BCUT2D eigenvalue weighted by molar-refractivity contribution is 8.14. The number of alkyl halides is 6. The van der Waals surface area contributed by atoms with Gasteiger partial charge in [0.25, 0.3) is 18.1 Å². The summed E-state index contributed by atoms with van der Waals surface area (Å²) in [6.07, 6.45) is -9.67. The molecule has 0 aliphatic rings. The van der Waals surface area contributed by atoms with Gasteiger partial charge in [0.1, 0.15) is 11.5 Å². The molecular weight excluding hydrogens is 513 g/mol. The summed E-state index contributed by atoms with van der Waals surface area (Å²) in [6.45, 7) is 0. The maximum atomic E-state index is 11.8. The Hall–Kier alpha value is -1.90. The fraction of sp³-hybridized carbons (Fsp3) is 0.143. The predicted molar refractivity (Wildman–Crippen MR) is 92.3 cm³/mol. The second-order valence-corrected chi connectivity index (χ2v) is 10.0. The van der Waals surface area contributed by atoms with Gasteiger partial charge in [0.15, 0.2) is 0 Å². The minimum atomic E-state index is -4.87. The summed E-state index contributed by atoms with van der Waals surface area (Å²) in [5, 5.41) is 0. The lowest BCUT2D eigenvalue weighted by molar-refractivity contribution is -0.275. The van der Waals surface area contributed by atoms with Crippen LogP contribution in [-0.4, -0.2) is 29.6 Å². The van der Waals surface area contributed by atoms with E-state index in [1.165, 1.54) is 0 Å². The Morgan fingerprint density at radius 3 is 1.47 bits per heavy atom. The molecular formula is C14H8Cl2F6O6S2. The predicted octanol–water partition coefficient (Wildman–Crippen LogP) is 5.03. The number of benzene rings is 2. The molecule has 2 rings (SSSR count). The molecule has 0 aliphatic carbocycles. The van der Waals surface area contributed by atoms with E-state index in [1.807, 2.05) is 0 Å². The second-order valence-electron chi connectivity index (χ2n) is 4.92. The molecule has 0 N–H and O–H groups in total. The van der Waals surface area contributed by atoms with Gasteiger partial charge < -0.3 is 9.47 Å². The van der Waals surface area contributed by atoms with E-state index in [2.05, 4.69) is 9.47 Å². The van der Waals surface area contributed by atoms with Crippen molar-refractivity contribution in [3.8, 4) is 11.5 Å². The molecule has 0 saturated heterocycles. The fourth-order valence-electron chi connectivity index (χ4n) is 1.63. The van der Waals surface area contributed by atoms with Crippen LogP contribution in [0.15, 0.2) is 58.3 Å². The van der Waals surface area contributed by atoms with Crippen LogP contribution in [-0.2, 0) is 18.1 Å². The zero-order valence-electron chi connectivity index (χ0n) is 13.9. The summed E-state index contributed by atoms with van der Waals surface area (Å²) in [7, 11) is 1.91. The monoisotopic (exact) mass is 520 g/mol. The van der Waals surface area contributed by atoms with Gasteiger partial charge >= 0.3 is 12.7 Å². The molecule has 2 aromatic rings. The molecule has 0 bridgehead atoms. The molecule has 0 amide bonds. The third kappa shape index (κ3) is 10.2. The van der Waals surface area contributed by atoms with Crippen LogP contribution in [0.3, 0.4) is 0 Å². The van der Waals surface area contributed by atoms with E-state index >= 15 is 0 Å². The van der Waals surface area contributed by atoms with Crippen LogP contribution < -0.4 is 9.47 Å². The van der Waals surface area contributed by atoms with E-state index in [-0.39, 0.29) is 4.90 Å². The zero-order chi connectivity index (χ0) is 23.4. The maximum absolute atomic E-state index is 11.8. The van der Waals surface area contributed by atoms with Crippen molar-refractivity contribution in [2.75, 3.05) is 0 Å². The van der Waals surface area contributed by atoms with Gasteiger partial charge in [-0.3, -0.25) is 0 Å². The number of rotatable bonds is 4. The van der Waals surface area contributed by atoms with E-state index in [1.54, 1.807) is 0 Å². The molecule has 168 valence electrons. The molecule has 0 aromatic heterocycles. The maximum Gasteiger partial charge on any atom is 0.573 e. The first-order chi connectivity index (χ1) is 13.4. The van der Waals surface area contributed by atoms with Gasteiger partial charge in [-0.1, -0.05) is 6.07 Å². The normalized spacial score (nSPS) is 12.5. The minimum absolute atomic E-state index is 0.293. The number of hydrogen-bond donors (Lipinski definition) is 0. The van der Waals surface area contributed by atoms with Crippen LogP contribution in [0.4, 0.5) is 26.3 Å². The summed E-state index contributed by atoms with van der Waals surface area (Å²) in [5.74, 6) is -1.14. The number of hydrogen-bond acceptors (Lipinski definition) is 6. The van der Waals surface area contributed by atoms with Crippen molar-refractivity contribution in [2.45, 2.75) is 22.5 Å². The molecule has 0 atom stereocenters. The Labute approximate surface area is 174 Å². The third-order valence-corrected chi connectivity index (χ3v) is 5.38. The summed E-state index contributed by atoms with van der Waals surface area (Å²) in [4.78, 5) is -0.746. The molecule has 0 saturated carbocycles. The van der Waals surface area contributed by atoms with E-state index in [4.69, 9.17) is 21.4 Å². The Morgan fingerprint density at radius 1 is 0.633 bits per heavy atom. The fourth-order valence-corrected chi connectivity index (χ4v) is 3.18. The summed E-state index contributed by atoms with van der Waals surface area (Å²) in [5.41, 5.74) is 0. The highest BCUT2D eigenvalue weighted by Crippen LogP contribution is 2.26. The van der Waals surface area contributed by atoms with Crippen molar-refractivity contribution in [1.82, 2.24) is 0 Å². The van der Waals surface area contributed by atoms with Crippen molar-refractivity contribution in [3.05, 3.63) is 48.5 Å². The lowest BCUT2D eigenvalue weighted by atomic mass is 10.3. The Morgan fingerprint density at radius 2 is 1.07 bits per heavy atom. The lowest BCUT2D eigenvalue weighted by Gasteiger charge is -2.08. The van der Waals surface area contributed by atoms with Crippen molar-refractivity contribution in [1.29, 1.82) is 0 Å². The Bertz CT molecular complexity index is 1070.